The Hall–Kier alpha value is -3.30. The van der Waals surface area contributed by atoms with Crippen molar-refractivity contribution in [3.8, 4) is 0 Å². The molecule has 2 aromatic heterocycles. The number of nitrogens with zero attached hydrogens (tertiary/aromatic N) is 4. The SMILES string of the molecule is CCOC(=O)c1c(N)nn2ccc(N3CC(F)(F)CC3c3cc(F)ccc3C)nc12. The van der Waals surface area contributed by atoms with E-state index in [0.29, 0.717) is 11.1 Å². The van der Waals surface area contributed by atoms with Crippen molar-refractivity contribution < 1.29 is 22.7 Å². The highest BCUT2D eigenvalue weighted by atomic mass is 19.3. The van der Waals surface area contributed by atoms with Gasteiger partial charge in [-0.3, -0.25) is 0 Å². The van der Waals surface area contributed by atoms with Gasteiger partial charge in [0, 0.05) is 12.6 Å². The van der Waals surface area contributed by atoms with Crippen molar-refractivity contribution in [3.05, 3.63) is 53.0 Å². The van der Waals surface area contributed by atoms with Crippen LogP contribution >= 0.6 is 0 Å². The number of aryl methyl sites for hydroxylation is 1. The van der Waals surface area contributed by atoms with E-state index in [0.717, 1.165) is 0 Å². The Labute approximate surface area is 170 Å². The van der Waals surface area contributed by atoms with Crippen LogP contribution in [0.2, 0.25) is 0 Å². The van der Waals surface area contributed by atoms with Gasteiger partial charge in [0.05, 0.1) is 19.2 Å². The number of rotatable bonds is 4. The lowest BCUT2D eigenvalue weighted by Gasteiger charge is -2.26. The second kappa shape index (κ2) is 7.19. The van der Waals surface area contributed by atoms with E-state index in [2.05, 4.69) is 10.1 Å². The van der Waals surface area contributed by atoms with E-state index in [4.69, 9.17) is 10.5 Å². The maximum Gasteiger partial charge on any atom is 0.345 e. The van der Waals surface area contributed by atoms with E-state index >= 15 is 0 Å². The maximum absolute atomic E-state index is 14.4. The van der Waals surface area contributed by atoms with Gasteiger partial charge in [0.2, 0.25) is 0 Å². The van der Waals surface area contributed by atoms with Gasteiger partial charge in [0.1, 0.15) is 17.2 Å². The van der Waals surface area contributed by atoms with Gasteiger partial charge in [0.15, 0.2) is 11.5 Å². The number of alkyl halides is 2. The van der Waals surface area contributed by atoms with Crippen LogP contribution in [-0.2, 0) is 4.74 Å². The third kappa shape index (κ3) is 3.42. The molecular weight excluding hydrogens is 399 g/mol. The van der Waals surface area contributed by atoms with Crippen molar-refractivity contribution in [1.29, 1.82) is 0 Å². The smallest absolute Gasteiger partial charge is 0.345 e. The van der Waals surface area contributed by atoms with Gasteiger partial charge in [0.25, 0.3) is 5.92 Å². The summed E-state index contributed by atoms with van der Waals surface area (Å²) in [5.41, 5.74) is 7.08. The molecule has 0 amide bonds. The fourth-order valence-electron chi connectivity index (χ4n) is 3.80. The van der Waals surface area contributed by atoms with Crippen molar-refractivity contribution in [3.63, 3.8) is 0 Å². The molecule has 0 aliphatic carbocycles. The fraction of sp³-hybridized carbons (Fsp3) is 0.350. The number of fused-ring (bicyclic) bond motifs is 1. The van der Waals surface area contributed by atoms with Crippen molar-refractivity contribution in [2.45, 2.75) is 32.2 Å². The van der Waals surface area contributed by atoms with Crippen LogP contribution in [0.5, 0.6) is 0 Å². The molecule has 1 aromatic carbocycles. The van der Waals surface area contributed by atoms with E-state index in [9.17, 15) is 18.0 Å². The third-order valence-electron chi connectivity index (χ3n) is 5.14. The average molecular weight is 419 g/mol. The molecule has 0 spiro atoms. The first kappa shape index (κ1) is 20.0. The van der Waals surface area contributed by atoms with Gasteiger partial charge >= 0.3 is 5.97 Å². The van der Waals surface area contributed by atoms with E-state index in [1.54, 1.807) is 19.9 Å². The second-order valence-electron chi connectivity index (χ2n) is 7.24. The zero-order valence-electron chi connectivity index (χ0n) is 16.4. The zero-order chi connectivity index (χ0) is 21.6. The van der Waals surface area contributed by atoms with Crippen LogP contribution in [0.1, 0.15) is 40.9 Å². The molecule has 158 valence electrons. The molecule has 1 saturated heterocycles. The largest absolute Gasteiger partial charge is 0.462 e. The summed E-state index contributed by atoms with van der Waals surface area (Å²) in [6, 6.07) is 4.86. The summed E-state index contributed by atoms with van der Waals surface area (Å²) < 4.78 is 48.9. The molecule has 0 radical (unpaired) electrons. The number of ether oxygens (including phenoxy) is 1. The lowest BCUT2D eigenvalue weighted by Crippen LogP contribution is -2.27. The number of carbonyl (C=O) groups excluding carboxylic acids is 1. The van der Waals surface area contributed by atoms with E-state index in [1.807, 2.05) is 0 Å². The summed E-state index contributed by atoms with van der Waals surface area (Å²) in [5, 5.41) is 4.03. The highest BCUT2D eigenvalue weighted by molar-refractivity contribution is 6.00. The second-order valence-corrected chi connectivity index (χ2v) is 7.24. The number of carbonyl (C=O) groups is 1. The van der Waals surface area contributed by atoms with Crippen LogP contribution in [0.25, 0.3) is 5.65 Å². The molecule has 4 rings (SSSR count). The quantitative estimate of drug-likeness (QED) is 0.652. The number of nitrogens with two attached hydrogens (primary N) is 1. The molecule has 1 atom stereocenters. The lowest BCUT2D eigenvalue weighted by atomic mass is 9.98. The van der Waals surface area contributed by atoms with Gasteiger partial charge in [-0.05, 0) is 43.2 Å². The number of nitrogen functional groups attached to an aromatic ring is 1. The van der Waals surface area contributed by atoms with Gasteiger partial charge in [-0.1, -0.05) is 6.07 Å². The zero-order valence-corrected chi connectivity index (χ0v) is 16.4. The highest BCUT2D eigenvalue weighted by Crippen LogP contribution is 2.44. The fourth-order valence-corrected chi connectivity index (χ4v) is 3.80. The average Bonchev–Trinajstić information content (AvgIpc) is 3.18. The van der Waals surface area contributed by atoms with Crippen molar-refractivity contribution in [1.82, 2.24) is 14.6 Å². The van der Waals surface area contributed by atoms with Crippen LogP contribution in [0.4, 0.5) is 24.8 Å². The Morgan fingerprint density at radius 2 is 2.13 bits per heavy atom. The summed E-state index contributed by atoms with van der Waals surface area (Å²) in [6.07, 6.45) is 1.01. The summed E-state index contributed by atoms with van der Waals surface area (Å²) in [5.74, 6) is -4.04. The summed E-state index contributed by atoms with van der Waals surface area (Å²) in [4.78, 5) is 18.1. The number of aromatic nitrogens is 3. The first-order chi connectivity index (χ1) is 14.2. The Balaban J connectivity index is 1.82. The number of anilines is 2. The highest BCUT2D eigenvalue weighted by Gasteiger charge is 2.46. The van der Waals surface area contributed by atoms with Crippen LogP contribution in [-0.4, -0.2) is 39.6 Å². The summed E-state index contributed by atoms with van der Waals surface area (Å²) in [7, 11) is 0. The first-order valence-electron chi connectivity index (χ1n) is 9.42. The van der Waals surface area contributed by atoms with Gasteiger partial charge in [-0.25, -0.2) is 27.5 Å². The molecule has 1 fully saturated rings. The minimum absolute atomic E-state index is 0.0249. The number of benzene rings is 1. The van der Waals surface area contributed by atoms with Crippen molar-refractivity contribution in [2.75, 3.05) is 23.8 Å². The molecule has 3 heterocycles. The van der Waals surface area contributed by atoms with Crippen LogP contribution in [0.3, 0.4) is 0 Å². The van der Waals surface area contributed by atoms with Crippen LogP contribution in [0.15, 0.2) is 30.5 Å². The molecule has 1 aliphatic rings. The summed E-state index contributed by atoms with van der Waals surface area (Å²) in [6.45, 7) is 2.94. The van der Waals surface area contributed by atoms with Gasteiger partial charge in [-0.15, -0.1) is 5.10 Å². The molecule has 3 aromatic rings. The number of esters is 1. The van der Waals surface area contributed by atoms with Gasteiger partial charge < -0.3 is 15.4 Å². The molecule has 0 saturated carbocycles. The summed E-state index contributed by atoms with van der Waals surface area (Å²) >= 11 is 0. The van der Waals surface area contributed by atoms with E-state index in [1.165, 1.54) is 33.8 Å². The number of halogens is 3. The van der Waals surface area contributed by atoms with Gasteiger partial charge in [-0.2, -0.15) is 0 Å². The van der Waals surface area contributed by atoms with Crippen LogP contribution < -0.4 is 10.6 Å². The van der Waals surface area contributed by atoms with E-state index in [-0.39, 0.29) is 29.5 Å². The molecule has 0 bridgehead atoms. The number of hydrogen-bond acceptors (Lipinski definition) is 6. The molecule has 2 N–H and O–H groups in total. The topological polar surface area (TPSA) is 85.8 Å². The lowest BCUT2D eigenvalue weighted by molar-refractivity contribution is 0.0222. The predicted octanol–water partition coefficient (Wildman–Crippen LogP) is 3.52. The van der Waals surface area contributed by atoms with Crippen molar-refractivity contribution in [2.24, 2.45) is 0 Å². The maximum atomic E-state index is 14.4. The molecular formula is C20H20F3N5O2. The molecule has 7 nitrogen and oxygen atoms in total. The monoisotopic (exact) mass is 419 g/mol. The predicted molar refractivity (Wildman–Crippen MR) is 104 cm³/mol. The molecule has 10 heteroatoms. The minimum atomic E-state index is -2.99. The third-order valence-corrected chi connectivity index (χ3v) is 5.14. The molecule has 30 heavy (non-hydrogen) atoms. The van der Waals surface area contributed by atoms with E-state index < -0.39 is 36.7 Å². The minimum Gasteiger partial charge on any atom is -0.462 e. The van der Waals surface area contributed by atoms with Crippen molar-refractivity contribution >= 4 is 23.3 Å². The Morgan fingerprint density at radius 3 is 2.87 bits per heavy atom. The number of hydrogen-bond donors (Lipinski definition) is 1. The Bertz CT molecular complexity index is 1130. The molecule has 1 aliphatic heterocycles. The Kier molecular flexibility index (Phi) is 4.79. The van der Waals surface area contributed by atoms with Crippen LogP contribution in [0, 0.1) is 12.7 Å². The first-order valence-corrected chi connectivity index (χ1v) is 9.42. The standard InChI is InChI=1S/C20H20F3N5O2/c1-3-30-19(29)16-17(24)26-28-7-6-15(25-18(16)28)27-10-20(22,23)9-14(27)13-8-12(21)5-4-11(13)2/h4-8,14H,3,9-10H2,1-2H3,(H2,24,26). The Morgan fingerprint density at radius 1 is 1.37 bits per heavy atom. The molecule has 1 unspecified atom stereocenters. The normalized spacial score (nSPS) is 18.2.